The molecule has 3 aromatic carbocycles. The Hall–Kier alpha value is -3.71. The molecule has 0 radical (unpaired) electrons. The third-order valence-corrected chi connectivity index (χ3v) is 5.38. The summed E-state index contributed by atoms with van der Waals surface area (Å²) < 4.78 is 2.53. The van der Waals surface area contributed by atoms with Crippen LogP contribution in [0.4, 0.5) is 5.69 Å². The number of aryl methyl sites for hydroxylation is 1. The Bertz CT molecular complexity index is 1250. The summed E-state index contributed by atoms with van der Waals surface area (Å²) in [6.45, 7) is 1.75. The molecule has 7 heteroatoms. The molecule has 4 rings (SSSR count). The molecule has 0 aliphatic carbocycles. The minimum absolute atomic E-state index is 0.158. The third kappa shape index (κ3) is 4.95. The van der Waals surface area contributed by atoms with Crippen LogP contribution in [0.1, 0.15) is 16.1 Å². The van der Waals surface area contributed by atoms with E-state index < -0.39 is 0 Å². The van der Waals surface area contributed by atoms with E-state index in [9.17, 15) is 9.59 Å². The molecule has 32 heavy (non-hydrogen) atoms. The number of nitrogens with zero attached hydrogens (tertiary/aromatic N) is 2. The van der Waals surface area contributed by atoms with Gasteiger partial charge in [0.05, 0.1) is 17.9 Å². The van der Waals surface area contributed by atoms with Crippen molar-refractivity contribution in [2.45, 2.75) is 6.92 Å². The van der Waals surface area contributed by atoms with Gasteiger partial charge in [-0.25, -0.2) is 4.68 Å². The molecule has 0 unspecified atom stereocenters. The first-order valence-corrected chi connectivity index (χ1v) is 10.9. The van der Waals surface area contributed by atoms with E-state index in [2.05, 4.69) is 31.7 Å². The summed E-state index contributed by atoms with van der Waals surface area (Å²) in [5, 5.41) is 10.2. The van der Waals surface area contributed by atoms with Crippen molar-refractivity contribution in [3.63, 3.8) is 0 Å². The molecule has 0 aliphatic rings. The van der Waals surface area contributed by atoms with E-state index in [1.807, 2.05) is 85.8 Å². The number of amides is 2. The second kappa shape index (κ2) is 9.62. The highest BCUT2D eigenvalue weighted by Gasteiger charge is 2.18. The third-order valence-electron chi connectivity index (χ3n) is 4.88. The molecule has 2 N–H and O–H groups in total. The summed E-state index contributed by atoms with van der Waals surface area (Å²) in [5.74, 6) is -0.691. The lowest BCUT2D eigenvalue weighted by atomic mass is 10.1. The summed E-state index contributed by atoms with van der Waals surface area (Å²) >= 11 is 3.40. The standard InChI is InChI=1S/C25H21BrN4O2/c1-17-14-19(26)12-13-21(17)28-24(31)16-27-25(32)23-15-22(18-8-4-2-5-9-18)29-30(23)20-10-6-3-7-11-20/h2-15H,16H2,1H3,(H,27,32)(H,28,31). The van der Waals surface area contributed by atoms with Gasteiger partial charge in [0.1, 0.15) is 5.69 Å². The highest BCUT2D eigenvalue weighted by molar-refractivity contribution is 9.10. The zero-order valence-corrected chi connectivity index (χ0v) is 19.0. The van der Waals surface area contributed by atoms with Gasteiger partial charge in [0, 0.05) is 15.7 Å². The number of benzene rings is 3. The van der Waals surface area contributed by atoms with Gasteiger partial charge >= 0.3 is 0 Å². The molecule has 0 bridgehead atoms. The maximum Gasteiger partial charge on any atom is 0.270 e. The predicted molar refractivity (Wildman–Crippen MR) is 129 cm³/mol. The van der Waals surface area contributed by atoms with Gasteiger partial charge < -0.3 is 10.6 Å². The molecule has 0 atom stereocenters. The maximum atomic E-state index is 13.0. The minimum atomic E-state index is -0.383. The number of hydrogen-bond donors (Lipinski definition) is 2. The van der Waals surface area contributed by atoms with E-state index >= 15 is 0 Å². The number of carbonyl (C=O) groups is 2. The SMILES string of the molecule is Cc1cc(Br)ccc1NC(=O)CNC(=O)c1cc(-c2ccccc2)nn1-c1ccccc1. The molecular formula is C25H21BrN4O2. The van der Waals surface area contributed by atoms with Crippen LogP contribution < -0.4 is 10.6 Å². The monoisotopic (exact) mass is 488 g/mol. The number of carbonyl (C=O) groups excluding carboxylic acids is 2. The van der Waals surface area contributed by atoms with Gasteiger partial charge in [0.2, 0.25) is 5.91 Å². The lowest BCUT2D eigenvalue weighted by molar-refractivity contribution is -0.115. The second-order valence-corrected chi connectivity index (χ2v) is 8.13. The number of halogens is 1. The fraction of sp³-hybridized carbons (Fsp3) is 0.0800. The topological polar surface area (TPSA) is 76.0 Å². The fourth-order valence-corrected chi connectivity index (χ4v) is 3.75. The molecule has 0 aliphatic heterocycles. The summed E-state index contributed by atoms with van der Waals surface area (Å²) in [5.41, 5.74) is 4.31. The van der Waals surface area contributed by atoms with Crippen molar-refractivity contribution in [2.75, 3.05) is 11.9 Å². The molecule has 0 spiro atoms. The van der Waals surface area contributed by atoms with Gasteiger partial charge in [0.15, 0.2) is 0 Å². The van der Waals surface area contributed by atoms with Gasteiger partial charge in [0.25, 0.3) is 5.91 Å². The van der Waals surface area contributed by atoms with Crippen LogP contribution in [0.2, 0.25) is 0 Å². The van der Waals surface area contributed by atoms with Crippen LogP contribution >= 0.6 is 15.9 Å². The molecule has 6 nitrogen and oxygen atoms in total. The summed E-state index contributed by atoms with van der Waals surface area (Å²) in [6, 6.07) is 26.4. The fourth-order valence-electron chi connectivity index (χ4n) is 3.27. The Labute approximate surface area is 194 Å². The number of hydrogen-bond acceptors (Lipinski definition) is 3. The van der Waals surface area contributed by atoms with Crippen molar-refractivity contribution in [3.05, 3.63) is 101 Å². The lowest BCUT2D eigenvalue weighted by Gasteiger charge is -2.10. The molecule has 1 aromatic heterocycles. The van der Waals surface area contributed by atoms with Crippen LogP contribution in [-0.4, -0.2) is 28.1 Å². The largest absolute Gasteiger partial charge is 0.342 e. The van der Waals surface area contributed by atoms with E-state index in [1.54, 1.807) is 10.7 Å². The molecule has 0 fully saturated rings. The van der Waals surface area contributed by atoms with Gasteiger partial charge in [-0.3, -0.25) is 9.59 Å². The normalized spacial score (nSPS) is 10.6. The predicted octanol–water partition coefficient (Wildman–Crippen LogP) is 4.98. The quantitative estimate of drug-likeness (QED) is 0.401. The molecule has 2 amide bonds. The Morgan fingerprint density at radius 3 is 2.31 bits per heavy atom. The van der Waals surface area contributed by atoms with Crippen molar-refractivity contribution < 1.29 is 9.59 Å². The van der Waals surface area contributed by atoms with Crippen LogP contribution in [0.3, 0.4) is 0 Å². The van der Waals surface area contributed by atoms with E-state index in [-0.39, 0.29) is 18.4 Å². The molecule has 4 aromatic rings. The number of rotatable bonds is 6. The summed E-state index contributed by atoms with van der Waals surface area (Å²) in [4.78, 5) is 25.4. The van der Waals surface area contributed by atoms with Gasteiger partial charge in [-0.05, 0) is 48.9 Å². The van der Waals surface area contributed by atoms with Gasteiger partial charge in [-0.15, -0.1) is 0 Å². The molecular weight excluding hydrogens is 468 g/mol. The Kier molecular flexibility index (Phi) is 6.47. The van der Waals surface area contributed by atoms with Crippen molar-refractivity contribution in [1.82, 2.24) is 15.1 Å². The number of aromatic nitrogens is 2. The highest BCUT2D eigenvalue weighted by atomic mass is 79.9. The number of anilines is 1. The molecule has 160 valence electrons. The van der Waals surface area contributed by atoms with E-state index in [1.165, 1.54) is 0 Å². The lowest BCUT2D eigenvalue weighted by Crippen LogP contribution is -2.34. The van der Waals surface area contributed by atoms with Crippen LogP contribution in [0, 0.1) is 6.92 Å². The first kappa shape index (κ1) is 21.5. The zero-order valence-electron chi connectivity index (χ0n) is 17.4. The van der Waals surface area contributed by atoms with Crippen LogP contribution in [0.15, 0.2) is 89.4 Å². The highest BCUT2D eigenvalue weighted by Crippen LogP contribution is 2.22. The summed E-state index contributed by atoms with van der Waals surface area (Å²) in [7, 11) is 0. The van der Waals surface area contributed by atoms with E-state index in [0.29, 0.717) is 17.1 Å². The van der Waals surface area contributed by atoms with E-state index in [4.69, 9.17) is 0 Å². The Morgan fingerprint density at radius 1 is 0.938 bits per heavy atom. The second-order valence-electron chi connectivity index (χ2n) is 7.22. The zero-order chi connectivity index (χ0) is 22.5. The summed E-state index contributed by atoms with van der Waals surface area (Å²) in [6.07, 6.45) is 0. The molecule has 0 saturated heterocycles. The minimum Gasteiger partial charge on any atom is -0.342 e. The van der Waals surface area contributed by atoms with Gasteiger partial charge in [-0.2, -0.15) is 5.10 Å². The van der Waals surface area contributed by atoms with Crippen LogP contribution in [-0.2, 0) is 4.79 Å². The molecule has 1 heterocycles. The Morgan fingerprint density at radius 2 is 1.62 bits per heavy atom. The smallest absolute Gasteiger partial charge is 0.270 e. The van der Waals surface area contributed by atoms with Gasteiger partial charge in [-0.1, -0.05) is 64.5 Å². The van der Waals surface area contributed by atoms with Crippen molar-refractivity contribution in [1.29, 1.82) is 0 Å². The average Bonchev–Trinajstić information content (AvgIpc) is 3.26. The van der Waals surface area contributed by atoms with Crippen molar-refractivity contribution in [2.24, 2.45) is 0 Å². The van der Waals surface area contributed by atoms with Crippen LogP contribution in [0.25, 0.3) is 16.9 Å². The van der Waals surface area contributed by atoms with E-state index in [0.717, 1.165) is 21.3 Å². The van der Waals surface area contributed by atoms with Crippen molar-refractivity contribution >= 4 is 33.4 Å². The number of nitrogens with one attached hydrogen (secondary N) is 2. The van der Waals surface area contributed by atoms with Crippen LogP contribution in [0.5, 0.6) is 0 Å². The first-order valence-electron chi connectivity index (χ1n) is 10.1. The average molecular weight is 489 g/mol. The molecule has 0 saturated carbocycles. The first-order chi connectivity index (χ1) is 15.5. The number of para-hydroxylation sites is 1. The maximum absolute atomic E-state index is 13.0. The van der Waals surface area contributed by atoms with Crippen molar-refractivity contribution in [3.8, 4) is 16.9 Å². The Balaban J connectivity index is 1.53.